The van der Waals surface area contributed by atoms with Crippen molar-refractivity contribution in [2.75, 3.05) is 20.8 Å². The molecule has 0 radical (unpaired) electrons. The van der Waals surface area contributed by atoms with Crippen LogP contribution in [0.1, 0.15) is 21.4 Å². The Morgan fingerprint density at radius 3 is 2.74 bits per heavy atom. The molecule has 0 bridgehead atoms. The molecule has 0 aliphatic carbocycles. The van der Waals surface area contributed by atoms with Crippen molar-refractivity contribution in [1.82, 2.24) is 24.9 Å². The van der Waals surface area contributed by atoms with Gasteiger partial charge in [0.25, 0.3) is 5.91 Å². The number of carbonyl (C=O) groups is 1. The molecule has 0 aliphatic rings. The quantitative estimate of drug-likeness (QED) is 0.457. The molecule has 4 rings (SSSR count). The van der Waals surface area contributed by atoms with E-state index in [1.54, 1.807) is 49.5 Å². The highest BCUT2D eigenvalue weighted by Crippen LogP contribution is 2.33. The highest BCUT2D eigenvalue weighted by molar-refractivity contribution is 7.10. The number of carbonyl (C=O) groups excluding carboxylic acids is 1. The third kappa shape index (κ3) is 4.31. The molecule has 1 unspecified atom stereocenters. The molecular weight excluding hydrogens is 414 g/mol. The van der Waals surface area contributed by atoms with Crippen LogP contribution in [0.25, 0.3) is 11.3 Å². The van der Waals surface area contributed by atoms with Gasteiger partial charge in [0.1, 0.15) is 23.2 Å². The zero-order chi connectivity index (χ0) is 21.8. The Labute approximate surface area is 184 Å². The summed E-state index contributed by atoms with van der Waals surface area (Å²) < 4.78 is 14.2. The fraction of sp³-hybridized carbons (Fsp3) is 0.227. The average molecular weight is 438 g/mol. The Balaban J connectivity index is 1.56. The normalized spacial score (nSPS) is 11.8. The van der Waals surface area contributed by atoms with Crippen molar-refractivity contribution in [3.63, 3.8) is 0 Å². The molecule has 0 spiro atoms. The first-order chi connectivity index (χ1) is 15.1. The maximum Gasteiger partial charge on any atom is 0.269 e. The lowest BCUT2D eigenvalue weighted by molar-refractivity contribution is 0.0940. The highest BCUT2D eigenvalue weighted by atomic mass is 32.1. The minimum atomic E-state index is -0.211. The van der Waals surface area contributed by atoms with Crippen molar-refractivity contribution in [3.8, 4) is 22.8 Å². The van der Waals surface area contributed by atoms with Gasteiger partial charge >= 0.3 is 0 Å². The smallest absolute Gasteiger partial charge is 0.269 e. The predicted molar refractivity (Wildman–Crippen MR) is 119 cm³/mol. The van der Waals surface area contributed by atoms with Gasteiger partial charge in [0, 0.05) is 36.4 Å². The molecule has 4 aromatic rings. The van der Waals surface area contributed by atoms with E-state index in [-0.39, 0.29) is 11.9 Å². The number of rotatable bonds is 8. The van der Waals surface area contributed by atoms with E-state index in [0.29, 0.717) is 29.4 Å². The van der Waals surface area contributed by atoms with Crippen molar-refractivity contribution >= 4 is 17.2 Å². The third-order valence-corrected chi connectivity index (χ3v) is 5.94. The molecule has 9 heteroatoms. The molecule has 3 heterocycles. The van der Waals surface area contributed by atoms with Crippen LogP contribution in [0.4, 0.5) is 0 Å². The second-order valence-corrected chi connectivity index (χ2v) is 7.81. The van der Waals surface area contributed by atoms with Gasteiger partial charge in [0.2, 0.25) is 0 Å². The lowest BCUT2D eigenvalue weighted by Gasteiger charge is -2.17. The molecule has 1 atom stereocenters. The van der Waals surface area contributed by atoms with Gasteiger partial charge in [0.05, 0.1) is 19.9 Å². The van der Waals surface area contributed by atoms with Crippen molar-refractivity contribution in [2.24, 2.45) is 7.05 Å². The standard InChI is InChI=1S/C22H23N5O3S/c1-26-18(13-17(25-26)16-12-15(29-2)7-8-20(16)30-3)22(28)23-14-19(21-6-4-11-31-21)27-10-5-9-24-27/h4-13,19H,14H2,1-3H3,(H,23,28). The number of methoxy groups -OCH3 is 2. The van der Waals surface area contributed by atoms with Gasteiger partial charge in [-0.15, -0.1) is 11.3 Å². The van der Waals surface area contributed by atoms with Crippen LogP contribution in [0, 0.1) is 0 Å². The number of hydrogen-bond donors (Lipinski definition) is 1. The number of thiophene rings is 1. The number of hydrogen-bond acceptors (Lipinski definition) is 6. The Hall–Kier alpha value is -3.59. The average Bonchev–Trinajstić information content (AvgIpc) is 3.56. The van der Waals surface area contributed by atoms with Crippen molar-refractivity contribution in [3.05, 3.63) is 70.8 Å². The first-order valence-electron chi connectivity index (χ1n) is 9.68. The largest absolute Gasteiger partial charge is 0.497 e. The number of aryl methyl sites for hydroxylation is 1. The van der Waals surface area contributed by atoms with Crippen LogP contribution in [0.5, 0.6) is 11.5 Å². The van der Waals surface area contributed by atoms with Crippen LogP contribution < -0.4 is 14.8 Å². The van der Waals surface area contributed by atoms with Crippen LogP contribution in [0.2, 0.25) is 0 Å². The summed E-state index contributed by atoms with van der Waals surface area (Å²) in [7, 11) is 4.95. The van der Waals surface area contributed by atoms with Crippen LogP contribution in [0.15, 0.2) is 60.2 Å². The minimum absolute atomic E-state index is 0.0786. The molecular formula is C22H23N5O3S. The highest BCUT2D eigenvalue weighted by Gasteiger charge is 2.20. The summed E-state index contributed by atoms with van der Waals surface area (Å²) in [5.74, 6) is 1.13. The molecule has 1 N–H and O–H groups in total. The zero-order valence-electron chi connectivity index (χ0n) is 17.5. The molecule has 160 valence electrons. The van der Waals surface area contributed by atoms with E-state index in [2.05, 4.69) is 15.5 Å². The Morgan fingerprint density at radius 1 is 1.19 bits per heavy atom. The molecule has 0 fully saturated rings. The summed E-state index contributed by atoms with van der Waals surface area (Å²) in [4.78, 5) is 14.1. The summed E-state index contributed by atoms with van der Waals surface area (Å²) in [5.41, 5.74) is 1.83. The number of nitrogens with one attached hydrogen (secondary N) is 1. The second kappa shape index (κ2) is 9.05. The lowest BCUT2D eigenvalue weighted by atomic mass is 10.1. The van der Waals surface area contributed by atoms with Crippen molar-refractivity contribution < 1.29 is 14.3 Å². The second-order valence-electron chi connectivity index (χ2n) is 6.83. The van der Waals surface area contributed by atoms with Crippen molar-refractivity contribution in [2.45, 2.75) is 6.04 Å². The topological polar surface area (TPSA) is 83.2 Å². The minimum Gasteiger partial charge on any atom is -0.497 e. The molecule has 1 aromatic carbocycles. The number of amides is 1. The Kier molecular flexibility index (Phi) is 6.03. The van der Waals surface area contributed by atoms with Gasteiger partial charge in [-0.1, -0.05) is 6.07 Å². The van der Waals surface area contributed by atoms with E-state index in [1.807, 2.05) is 52.7 Å². The van der Waals surface area contributed by atoms with Crippen LogP contribution in [-0.4, -0.2) is 46.2 Å². The number of ether oxygens (including phenoxy) is 2. The zero-order valence-corrected chi connectivity index (χ0v) is 18.3. The molecule has 31 heavy (non-hydrogen) atoms. The predicted octanol–water partition coefficient (Wildman–Crippen LogP) is 3.38. The summed E-state index contributed by atoms with van der Waals surface area (Å²) in [6.45, 7) is 0.407. The van der Waals surface area contributed by atoms with E-state index in [4.69, 9.17) is 9.47 Å². The van der Waals surface area contributed by atoms with E-state index < -0.39 is 0 Å². The third-order valence-electron chi connectivity index (χ3n) is 4.97. The van der Waals surface area contributed by atoms with Crippen LogP contribution in [-0.2, 0) is 7.05 Å². The lowest BCUT2D eigenvalue weighted by Crippen LogP contribution is -2.32. The fourth-order valence-electron chi connectivity index (χ4n) is 3.38. The van der Waals surface area contributed by atoms with E-state index >= 15 is 0 Å². The van der Waals surface area contributed by atoms with E-state index in [1.165, 1.54) is 0 Å². The maximum atomic E-state index is 13.0. The van der Waals surface area contributed by atoms with Crippen LogP contribution in [0.3, 0.4) is 0 Å². The number of benzene rings is 1. The molecule has 0 saturated carbocycles. The molecule has 8 nitrogen and oxygen atoms in total. The van der Waals surface area contributed by atoms with Gasteiger partial charge in [-0.25, -0.2) is 0 Å². The van der Waals surface area contributed by atoms with Gasteiger partial charge in [0.15, 0.2) is 0 Å². The number of nitrogens with zero attached hydrogens (tertiary/aromatic N) is 4. The Bertz CT molecular complexity index is 1120. The van der Waals surface area contributed by atoms with Crippen LogP contribution >= 0.6 is 11.3 Å². The first-order valence-corrected chi connectivity index (χ1v) is 10.6. The van der Waals surface area contributed by atoms with E-state index in [0.717, 1.165) is 10.4 Å². The monoisotopic (exact) mass is 437 g/mol. The summed E-state index contributed by atoms with van der Waals surface area (Å²) in [6, 6.07) is 13.1. The van der Waals surface area contributed by atoms with Gasteiger partial charge < -0.3 is 14.8 Å². The fourth-order valence-corrected chi connectivity index (χ4v) is 4.20. The molecule has 0 saturated heterocycles. The number of aromatic nitrogens is 4. The maximum absolute atomic E-state index is 13.0. The van der Waals surface area contributed by atoms with Gasteiger partial charge in [-0.05, 0) is 41.8 Å². The molecule has 1 amide bonds. The summed E-state index contributed by atoms with van der Waals surface area (Å²) in [5, 5.41) is 13.9. The first kappa shape index (κ1) is 20.7. The van der Waals surface area contributed by atoms with Gasteiger partial charge in [-0.2, -0.15) is 10.2 Å². The molecule has 0 aliphatic heterocycles. The summed E-state index contributed by atoms with van der Waals surface area (Å²) in [6.07, 6.45) is 3.63. The van der Waals surface area contributed by atoms with E-state index in [9.17, 15) is 4.79 Å². The summed E-state index contributed by atoms with van der Waals surface area (Å²) >= 11 is 1.63. The Morgan fingerprint density at radius 2 is 2.06 bits per heavy atom. The SMILES string of the molecule is COc1ccc(OC)c(-c2cc(C(=O)NCC(c3cccs3)n3cccn3)n(C)n2)c1. The molecule has 3 aromatic heterocycles. The van der Waals surface area contributed by atoms with Gasteiger partial charge in [-0.3, -0.25) is 14.2 Å². The van der Waals surface area contributed by atoms with Crippen molar-refractivity contribution in [1.29, 1.82) is 0 Å².